The van der Waals surface area contributed by atoms with Crippen LogP contribution in [0.25, 0.3) is 16.7 Å². The second kappa shape index (κ2) is 4.03. The van der Waals surface area contributed by atoms with Crippen molar-refractivity contribution in [3.63, 3.8) is 0 Å². The molecular formula is C14H12ClN3. The summed E-state index contributed by atoms with van der Waals surface area (Å²) in [4.78, 5) is 4.52. The standard InChI is InChI=1S/C14H12ClN3/c1-9-17-12-7-2-3-8-13(12)18(9)14-10(15)5-4-6-11(14)16/h2-8H,16H2,1H3. The number of hydrogen-bond acceptors (Lipinski definition) is 2. The Morgan fingerprint density at radius 3 is 2.67 bits per heavy atom. The molecule has 0 bridgehead atoms. The molecule has 1 heterocycles. The molecule has 0 saturated carbocycles. The number of nitrogen functional groups attached to an aromatic ring is 1. The number of fused-ring (bicyclic) bond motifs is 1. The van der Waals surface area contributed by atoms with Crippen LogP contribution in [0.1, 0.15) is 5.82 Å². The fourth-order valence-electron chi connectivity index (χ4n) is 2.20. The van der Waals surface area contributed by atoms with E-state index >= 15 is 0 Å². The van der Waals surface area contributed by atoms with Crippen molar-refractivity contribution in [1.29, 1.82) is 0 Å². The average molecular weight is 258 g/mol. The van der Waals surface area contributed by atoms with Gasteiger partial charge in [0.25, 0.3) is 0 Å². The van der Waals surface area contributed by atoms with Crippen molar-refractivity contribution in [3.05, 3.63) is 53.3 Å². The zero-order valence-corrected chi connectivity index (χ0v) is 10.6. The summed E-state index contributed by atoms with van der Waals surface area (Å²) in [6.07, 6.45) is 0. The number of nitrogens with two attached hydrogens (primary N) is 1. The zero-order valence-electron chi connectivity index (χ0n) is 9.89. The van der Waals surface area contributed by atoms with E-state index in [0.29, 0.717) is 10.7 Å². The lowest BCUT2D eigenvalue weighted by Gasteiger charge is -2.11. The number of hydrogen-bond donors (Lipinski definition) is 1. The lowest BCUT2D eigenvalue weighted by Crippen LogP contribution is -2.02. The van der Waals surface area contributed by atoms with Crippen LogP contribution in [0, 0.1) is 6.92 Å². The van der Waals surface area contributed by atoms with E-state index in [9.17, 15) is 0 Å². The van der Waals surface area contributed by atoms with Crippen LogP contribution in [-0.4, -0.2) is 9.55 Å². The predicted octanol–water partition coefficient (Wildman–Crippen LogP) is 3.57. The minimum atomic E-state index is 0.626. The van der Waals surface area contributed by atoms with Crippen LogP contribution in [0.15, 0.2) is 42.5 Å². The molecule has 2 aromatic carbocycles. The van der Waals surface area contributed by atoms with E-state index in [4.69, 9.17) is 17.3 Å². The number of halogens is 1. The summed E-state index contributed by atoms with van der Waals surface area (Å²) < 4.78 is 1.99. The van der Waals surface area contributed by atoms with Gasteiger partial charge in [-0.1, -0.05) is 29.8 Å². The molecule has 0 aliphatic carbocycles. The lowest BCUT2D eigenvalue weighted by molar-refractivity contribution is 1.00. The van der Waals surface area contributed by atoms with Gasteiger partial charge in [0.15, 0.2) is 0 Å². The Morgan fingerprint density at radius 2 is 1.89 bits per heavy atom. The molecular weight excluding hydrogens is 246 g/mol. The van der Waals surface area contributed by atoms with E-state index in [0.717, 1.165) is 22.5 Å². The normalized spacial score (nSPS) is 11.0. The summed E-state index contributed by atoms with van der Waals surface area (Å²) >= 11 is 6.26. The molecule has 90 valence electrons. The Hall–Kier alpha value is -2.00. The van der Waals surface area contributed by atoms with Crippen molar-refractivity contribution in [2.45, 2.75) is 6.92 Å². The molecule has 1 aromatic heterocycles. The fraction of sp³-hybridized carbons (Fsp3) is 0.0714. The third kappa shape index (κ3) is 1.56. The second-order valence-electron chi connectivity index (χ2n) is 4.16. The molecule has 3 aromatic rings. The van der Waals surface area contributed by atoms with Crippen LogP contribution in [-0.2, 0) is 0 Å². The topological polar surface area (TPSA) is 43.8 Å². The smallest absolute Gasteiger partial charge is 0.111 e. The van der Waals surface area contributed by atoms with Gasteiger partial charge in [-0.05, 0) is 31.2 Å². The number of imidazole rings is 1. The lowest BCUT2D eigenvalue weighted by atomic mass is 10.2. The van der Waals surface area contributed by atoms with Gasteiger partial charge in [0.1, 0.15) is 5.82 Å². The van der Waals surface area contributed by atoms with E-state index in [-0.39, 0.29) is 0 Å². The Balaban J connectivity index is 2.42. The molecule has 0 fully saturated rings. The molecule has 2 N–H and O–H groups in total. The molecule has 0 spiro atoms. The van der Waals surface area contributed by atoms with Gasteiger partial charge in [-0.15, -0.1) is 0 Å². The van der Waals surface area contributed by atoms with Crippen LogP contribution in [0.2, 0.25) is 5.02 Å². The Morgan fingerprint density at radius 1 is 1.11 bits per heavy atom. The van der Waals surface area contributed by atoms with Crippen molar-refractivity contribution >= 4 is 28.3 Å². The van der Waals surface area contributed by atoms with Gasteiger partial charge in [0, 0.05) is 0 Å². The van der Waals surface area contributed by atoms with Gasteiger partial charge < -0.3 is 5.73 Å². The monoisotopic (exact) mass is 257 g/mol. The fourth-order valence-corrected chi connectivity index (χ4v) is 2.46. The molecule has 0 unspecified atom stereocenters. The van der Waals surface area contributed by atoms with Crippen LogP contribution in [0.4, 0.5) is 5.69 Å². The zero-order chi connectivity index (χ0) is 12.7. The molecule has 0 radical (unpaired) electrons. The van der Waals surface area contributed by atoms with Crippen LogP contribution >= 0.6 is 11.6 Å². The van der Waals surface area contributed by atoms with Crippen molar-refractivity contribution in [2.75, 3.05) is 5.73 Å². The Bertz CT molecular complexity index is 711. The highest BCUT2D eigenvalue weighted by atomic mass is 35.5. The summed E-state index contributed by atoms with van der Waals surface area (Å²) in [5.41, 5.74) is 9.43. The van der Waals surface area contributed by atoms with Crippen LogP contribution in [0.3, 0.4) is 0 Å². The number of nitrogens with zero attached hydrogens (tertiary/aromatic N) is 2. The molecule has 0 aliphatic heterocycles. The minimum absolute atomic E-state index is 0.626. The highest BCUT2D eigenvalue weighted by Crippen LogP contribution is 2.30. The maximum absolute atomic E-state index is 6.26. The highest BCUT2D eigenvalue weighted by molar-refractivity contribution is 6.33. The van der Waals surface area contributed by atoms with Crippen molar-refractivity contribution in [2.24, 2.45) is 0 Å². The SMILES string of the molecule is Cc1nc2ccccc2n1-c1c(N)cccc1Cl. The predicted molar refractivity (Wildman–Crippen MR) is 75.2 cm³/mol. The summed E-state index contributed by atoms with van der Waals surface area (Å²) in [7, 11) is 0. The van der Waals surface area contributed by atoms with Gasteiger partial charge in [0.05, 0.1) is 27.4 Å². The van der Waals surface area contributed by atoms with Gasteiger partial charge in [-0.3, -0.25) is 4.57 Å². The summed E-state index contributed by atoms with van der Waals surface area (Å²) in [6.45, 7) is 1.95. The van der Waals surface area contributed by atoms with Crippen molar-refractivity contribution in [1.82, 2.24) is 9.55 Å². The quantitative estimate of drug-likeness (QED) is 0.678. The van der Waals surface area contributed by atoms with Crippen LogP contribution in [0.5, 0.6) is 0 Å². The molecule has 3 nitrogen and oxygen atoms in total. The highest BCUT2D eigenvalue weighted by Gasteiger charge is 2.13. The Kier molecular flexibility index (Phi) is 2.49. The number of aryl methyl sites for hydroxylation is 1. The first-order valence-electron chi connectivity index (χ1n) is 5.67. The van der Waals surface area contributed by atoms with Crippen molar-refractivity contribution in [3.8, 4) is 5.69 Å². The van der Waals surface area contributed by atoms with Gasteiger partial charge >= 0.3 is 0 Å². The molecule has 3 rings (SSSR count). The number of para-hydroxylation sites is 3. The maximum Gasteiger partial charge on any atom is 0.111 e. The third-order valence-electron chi connectivity index (χ3n) is 2.97. The Labute approximate surface area is 110 Å². The first-order valence-corrected chi connectivity index (χ1v) is 6.05. The number of aromatic nitrogens is 2. The molecule has 0 atom stereocenters. The van der Waals surface area contributed by atoms with Gasteiger partial charge in [-0.2, -0.15) is 0 Å². The first-order chi connectivity index (χ1) is 8.68. The minimum Gasteiger partial charge on any atom is -0.397 e. The van der Waals surface area contributed by atoms with E-state index in [1.807, 2.05) is 54.0 Å². The molecule has 0 aliphatic rings. The molecule has 0 amide bonds. The summed E-state index contributed by atoms with van der Waals surface area (Å²) in [6, 6.07) is 13.5. The third-order valence-corrected chi connectivity index (χ3v) is 3.28. The van der Waals surface area contributed by atoms with E-state index in [1.165, 1.54) is 0 Å². The van der Waals surface area contributed by atoms with Crippen molar-refractivity contribution < 1.29 is 0 Å². The maximum atomic E-state index is 6.26. The average Bonchev–Trinajstić information content (AvgIpc) is 2.66. The summed E-state index contributed by atoms with van der Waals surface area (Å²) in [5.74, 6) is 0.871. The van der Waals surface area contributed by atoms with Crippen LogP contribution < -0.4 is 5.73 Å². The van der Waals surface area contributed by atoms with Gasteiger partial charge in [-0.25, -0.2) is 4.98 Å². The number of rotatable bonds is 1. The second-order valence-corrected chi connectivity index (χ2v) is 4.57. The number of benzene rings is 2. The van der Waals surface area contributed by atoms with E-state index in [1.54, 1.807) is 0 Å². The van der Waals surface area contributed by atoms with E-state index in [2.05, 4.69) is 4.98 Å². The first kappa shape index (κ1) is 11.1. The summed E-state index contributed by atoms with van der Waals surface area (Å²) in [5, 5.41) is 0.626. The largest absolute Gasteiger partial charge is 0.397 e. The molecule has 4 heteroatoms. The van der Waals surface area contributed by atoms with E-state index < -0.39 is 0 Å². The van der Waals surface area contributed by atoms with Gasteiger partial charge in [0.2, 0.25) is 0 Å². The molecule has 18 heavy (non-hydrogen) atoms. The number of anilines is 1. The molecule has 0 saturated heterocycles.